The molecule has 1 heterocycles. The van der Waals surface area contributed by atoms with E-state index in [4.69, 9.17) is 52.1 Å². The van der Waals surface area contributed by atoms with Gasteiger partial charge in [0.25, 0.3) is 0 Å². The Bertz CT molecular complexity index is 4380. The molecule has 0 amide bonds. The van der Waals surface area contributed by atoms with E-state index in [2.05, 4.69) is 84.9 Å². The molecule has 21 heteroatoms. The van der Waals surface area contributed by atoms with Gasteiger partial charge in [0.15, 0.2) is 0 Å². The van der Waals surface area contributed by atoms with Crippen molar-refractivity contribution >= 4 is 29.8 Å². The molecule has 0 bridgehead atoms. The third-order valence-corrected chi connectivity index (χ3v) is 20.9. The molecule has 0 aromatic heterocycles. The van der Waals surface area contributed by atoms with Crippen LogP contribution in [0.2, 0.25) is 0 Å². The van der Waals surface area contributed by atoms with Crippen molar-refractivity contribution in [1.29, 1.82) is 0 Å². The molecular weight excluding hydrogens is 1490 g/mol. The molecule has 4 atom stereocenters. The van der Waals surface area contributed by atoms with Crippen LogP contribution in [0.5, 0.6) is 34.5 Å². The third kappa shape index (κ3) is 28.5. The molecule has 624 valence electrons. The molecule has 1 aliphatic rings. The largest absolute Gasteiger partial charge is 0.491 e. The lowest BCUT2D eigenvalue weighted by atomic mass is 9.78. The summed E-state index contributed by atoms with van der Waals surface area (Å²) in [5, 5.41) is 52.8. The van der Waals surface area contributed by atoms with Crippen LogP contribution in [0.4, 0.5) is 0 Å². The van der Waals surface area contributed by atoms with Crippen molar-refractivity contribution in [2.45, 2.75) is 166 Å². The first-order chi connectivity index (χ1) is 56.3. The quantitative estimate of drug-likeness (QED) is 0.00778. The van der Waals surface area contributed by atoms with Crippen LogP contribution in [0.1, 0.15) is 200 Å². The van der Waals surface area contributed by atoms with Gasteiger partial charge in [-0.15, -0.1) is 0 Å². The van der Waals surface area contributed by atoms with Gasteiger partial charge >= 0.3 is 29.8 Å². The minimum absolute atomic E-state index is 0.00358. The zero-order chi connectivity index (χ0) is 83.6. The molecule has 117 heavy (non-hydrogen) atoms. The topological polar surface area (TPSA) is 291 Å². The highest BCUT2D eigenvalue weighted by Crippen LogP contribution is 2.38. The number of carboxylic acid groups (broad SMARTS) is 2. The molecule has 0 radical (unpaired) electrons. The van der Waals surface area contributed by atoms with Crippen LogP contribution in [0.25, 0.3) is 0 Å². The number of unbranched alkanes of at least 4 members (excludes halogenated alkanes) is 8. The number of epoxide rings is 1. The molecule has 4 unspecified atom stereocenters. The summed E-state index contributed by atoms with van der Waals surface area (Å²) >= 11 is 0. The Morgan fingerprint density at radius 3 is 1.03 bits per heavy atom. The van der Waals surface area contributed by atoms with E-state index in [1.165, 1.54) is 67.8 Å². The highest BCUT2D eigenvalue weighted by atomic mass is 16.6. The Hall–Kier alpha value is -10.8. The summed E-state index contributed by atoms with van der Waals surface area (Å²) in [5.74, 6) is -1.74. The lowest BCUT2D eigenvalue weighted by Gasteiger charge is -2.32. The first kappa shape index (κ1) is 90.1. The first-order valence-corrected chi connectivity index (χ1v) is 40.4. The standard InChI is InChI=1S/C96H114O21/c1-8-9-10-11-12-13-14-15-16-17-18-19-20-21-22-31-88(100)115-65-96(66-116-91(105)86-29-25-23-27-84(86)89(101)102,67-117-92(106)87-30-26-24-28-85(87)90(103)104)64-107-56-74(97)57-108-77-44-32-68(33-45-77)93(2,3)69-34-46-78(47-35-69)109-58-75(98)59-110-79-48-36-70(37-49-79)94(4,5)71-38-50-80(51-39-71)111-60-76(99)61-112-81-52-40-72(41-53-81)95(6,7)73-42-54-82(55-43-73)113-62-83-63-114-83/h12-13,15-16,23-30,32-55,74-76,83,97-99H,8-11,14,17-22,31,56-67H2,1-7H3,(H,101,102)(H,103,104)/b13-12+,16-15+. The number of esters is 3. The van der Waals surface area contributed by atoms with E-state index in [-0.39, 0.29) is 85.2 Å². The Kier molecular flexibility index (Phi) is 34.7. The summed E-state index contributed by atoms with van der Waals surface area (Å²) in [6.07, 6.45) is 16.9. The molecule has 5 N–H and O–H groups in total. The molecule has 8 aromatic carbocycles. The van der Waals surface area contributed by atoms with E-state index in [1.54, 1.807) is 12.1 Å². The predicted octanol–water partition coefficient (Wildman–Crippen LogP) is 17.3. The van der Waals surface area contributed by atoms with Crippen molar-refractivity contribution in [3.05, 3.63) is 274 Å². The van der Waals surface area contributed by atoms with Crippen LogP contribution < -0.4 is 28.4 Å². The number of carbonyl (C=O) groups is 5. The van der Waals surface area contributed by atoms with Crippen LogP contribution in [0.15, 0.2) is 218 Å². The van der Waals surface area contributed by atoms with Gasteiger partial charge in [-0.2, -0.15) is 0 Å². The Balaban J connectivity index is 0.705. The number of rotatable bonds is 52. The lowest BCUT2D eigenvalue weighted by Crippen LogP contribution is -2.44. The highest BCUT2D eigenvalue weighted by Gasteiger charge is 2.39. The second-order valence-corrected chi connectivity index (χ2v) is 31.3. The van der Waals surface area contributed by atoms with Crippen LogP contribution in [-0.2, 0) is 44.7 Å². The van der Waals surface area contributed by atoms with Crippen LogP contribution in [-0.4, -0.2) is 159 Å². The van der Waals surface area contributed by atoms with Crippen molar-refractivity contribution in [2.24, 2.45) is 5.41 Å². The van der Waals surface area contributed by atoms with Crippen LogP contribution >= 0.6 is 0 Å². The number of aliphatic hydroxyl groups is 3. The van der Waals surface area contributed by atoms with Crippen molar-refractivity contribution in [1.82, 2.24) is 0 Å². The second kappa shape index (κ2) is 45.1. The number of carboxylic acids is 2. The molecule has 21 nitrogen and oxygen atoms in total. The van der Waals surface area contributed by atoms with Gasteiger partial charge in [-0.3, -0.25) is 4.79 Å². The van der Waals surface area contributed by atoms with Crippen LogP contribution in [0, 0.1) is 5.41 Å². The summed E-state index contributed by atoms with van der Waals surface area (Å²) < 4.78 is 64.3. The maximum Gasteiger partial charge on any atom is 0.339 e. The number of aromatic carboxylic acids is 2. The minimum atomic E-state index is -1.68. The van der Waals surface area contributed by atoms with Gasteiger partial charge in [-0.25, -0.2) is 19.2 Å². The lowest BCUT2D eigenvalue weighted by molar-refractivity contribution is -0.153. The fraction of sp³-hybridized carbons (Fsp3) is 0.406. The first-order valence-electron chi connectivity index (χ1n) is 40.4. The number of ether oxygens (including phenoxy) is 11. The molecule has 9 rings (SSSR count). The average Bonchev–Trinajstić information content (AvgIpc) is 0.921. The molecule has 1 aliphatic heterocycles. The van der Waals surface area contributed by atoms with E-state index >= 15 is 0 Å². The fourth-order valence-corrected chi connectivity index (χ4v) is 13.1. The minimum Gasteiger partial charge on any atom is -0.491 e. The number of hydrogen-bond donors (Lipinski definition) is 5. The number of hydrogen-bond acceptors (Lipinski definition) is 19. The maximum atomic E-state index is 13.7. The molecule has 1 saturated heterocycles. The Labute approximate surface area is 687 Å². The summed E-state index contributed by atoms with van der Waals surface area (Å²) in [5.41, 5.74) is 2.34. The van der Waals surface area contributed by atoms with Crippen molar-refractivity contribution in [3.8, 4) is 34.5 Å². The summed E-state index contributed by atoms with van der Waals surface area (Å²) in [6, 6.07) is 57.6. The van der Waals surface area contributed by atoms with Gasteiger partial charge in [-0.05, 0) is 169 Å². The van der Waals surface area contributed by atoms with Crippen LogP contribution in [0.3, 0.4) is 0 Å². The summed E-state index contributed by atoms with van der Waals surface area (Å²) in [4.78, 5) is 65.1. The number of benzene rings is 8. The molecular formula is C96H114O21. The zero-order valence-electron chi connectivity index (χ0n) is 68.3. The van der Waals surface area contributed by atoms with E-state index < -0.39 is 85.4 Å². The van der Waals surface area contributed by atoms with E-state index in [1.807, 2.05) is 121 Å². The SMILES string of the molecule is CCCCC/C=C/C/C=C/CCCCCCCC(=O)OCC(COCC(O)COc1ccc(C(C)(C)c2ccc(OCC(O)COc3ccc(C(C)(C)c4ccc(OCC(O)COc5ccc(C(C)(C)c6ccc(OCC7CO7)cc6)cc5)cc4)cc3)cc2)cc1)(COC(=O)c1ccccc1C(=O)O)COC(=O)c1ccccc1C(=O)O. The van der Waals surface area contributed by atoms with Gasteiger partial charge in [0.1, 0.15) is 118 Å². The third-order valence-electron chi connectivity index (χ3n) is 20.9. The zero-order valence-corrected chi connectivity index (χ0v) is 68.3. The van der Waals surface area contributed by atoms with Gasteiger partial charge < -0.3 is 77.6 Å². The molecule has 1 fully saturated rings. The normalized spacial score (nSPS) is 13.8. The second-order valence-electron chi connectivity index (χ2n) is 31.3. The van der Waals surface area contributed by atoms with Gasteiger partial charge in [0.2, 0.25) is 0 Å². The molecule has 8 aromatic rings. The molecule has 0 saturated carbocycles. The van der Waals surface area contributed by atoms with E-state index in [9.17, 15) is 49.5 Å². The highest BCUT2D eigenvalue weighted by molar-refractivity contribution is 6.03. The maximum absolute atomic E-state index is 13.7. The monoisotopic (exact) mass is 1600 g/mol. The van der Waals surface area contributed by atoms with Crippen molar-refractivity contribution < 1.29 is 102 Å². The summed E-state index contributed by atoms with van der Waals surface area (Å²) in [7, 11) is 0. The van der Waals surface area contributed by atoms with E-state index in [0.29, 0.717) is 41.8 Å². The Morgan fingerprint density at radius 2 is 0.692 bits per heavy atom. The van der Waals surface area contributed by atoms with Crippen molar-refractivity contribution in [3.63, 3.8) is 0 Å². The average molecular weight is 1600 g/mol. The number of carbonyl (C=O) groups excluding carboxylic acids is 3. The molecule has 0 aliphatic carbocycles. The number of aliphatic hydroxyl groups excluding tert-OH is 3. The summed E-state index contributed by atoms with van der Waals surface area (Å²) in [6.45, 7) is 13.5. The Morgan fingerprint density at radius 1 is 0.385 bits per heavy atom. The fourth-order valence-electron chi connectivity index (χ4n) is 13.1. The van der Waals surface area contributed by atoms with Gasteiger partial charge in [0.05, 0.1) is 47.5 Å². The van der Waals surface area contributed by atoms with Gasteiger partial charge in [-0.1, -0.05) is 202 Å². The smallest absolute Gasteiger partial charge is 0.339 e. The molecule has 0 spiro atoms. The van der Waals surface area contributed by atoms with Crippen molar-refractivity contribution in [2.75, 3.05) is 79.3 Å². The number of allylic oxidation sites excluding steroid dienone is 4. The van der Waals surface area contributed by atoms with E-state index in [0.717, 1.165) is 90.7 Å². The predicted molar refractivity (Wildman–Crippen MR) is 447 cm³/mol. The van der Waals surface area contributed by atoms with Gasteiger partial charge in [0, 0.05) is 22.7 Å².